The van der Waals surface area contributed by atoms with Gasteiger partial charge in [-0.05, 0) is 38.2 Å². The zero-order valence-electron chi connectivity index (χ0n) is 8.11. The quantitative estimate of drug-likeness (QED) is 0.431. The van der Waals surface area contributed by atoms with Gasteiger partial charge in [0.15, 0.2) is 5.11 Å². The van der Waals surface area contributed by atoms with Crippen LogP contribution in [-0.4, -0.2) is 15.8 Å². The number of nitrogens with two attached hydrogens (primary N) is 1. The molecule has 0 aliphatic carbocycles. The molecular formula is C9H12N4S. The lowest BCUT2D eigenvalue weighted by Gasteiger charge is -2.01. The van der Waals surface area contributed by atoms with E-state index in [0.29, 0.717) is 0 Å². The SMILES string of the molecule is CC(=NNC(N)=S)c1ccc(C)nc1. The lowest BCUT2D eigenvalue weighted by atomic mass is 10.2. The van der Waals surface area contributed by atoms with E-state index in [0.717, 1.165) is 17.0 Å². The summed E-state index contributed by atoms with van der Waals surface area (Å²) in [5.74, 6) is 0. The fourth-order valence-corrected chi connectivity index (χ4v) is 0.931. The fraction of sp³-hybridized carbons (Fsp3) is 0.222. The van der Waals surface area contributed by atoms with Crippen LogP contribution < -0.4 is 11.2 Å². The summed E-state index contributed by atoms with van der Waals surface area (Å²) in [6, 6.07) is 3.87. The summed E-state index contributed by atoms with van der Waals surface area (Å²) in [7, 11) is 0. The fourth-order valence-electron chi connectivity index (χ4n) is 0.885. The Hall–Kier alpha value is -1.49. The lowest BCUT2D eigenvalue weighted by molar-refractivity contribution is 1.03. The number of aryl methyl sites for hydroxylation is 1. The molecule has 14 heavy (non-hydrogen) atoms. The maximum absolute atomic E-state index is 5.24. The molecule has 3 N–H and O–H groups in total. The Bertz CT molecular complexity index is 356. The van der Waals surface area contributed by atoms with Crippen molar-refractivity contribution in [2.45, 2.75) is 13.8 Å². The third-order valence-electron chi connectivity index (χ3n) is 1.66. The molecule has 1 heterocycles. The molecule has 0 radical (unpaired) electrons. The summed E-state index contributed by atoms with van der Waals surface area (Å²) < 4.78 is 0. The Kier molecular flexibility index (Phi) is 3.53. The highest BCUT2D eigenvalue weighted by Gasteiger charge is 1.97. The first-order chi connectivity index (χ1) is 6.59. The molecule has 0 aliphatic heterocycles. The van der Waals surface area contributed by atoms with Crippen LogP contribution in [0.2, 0.25) is 0 Å². The van der Waals surface area contributed by atoms with Crippen LogP contribution in [0.5, 0.6) is 0 Å². The largest absolute Gasteiger partial charge is 0.375 e. The van der Waals surface area contributed by atoms with Crippen LogP contribution in [0.15, 0.2) is 23.4 Å². The Morgan fingerprint density at radius 2 is 2.29 bits per heavy atom. The summed E-state index contributed by atoms with van der Waals surface area (Å²) in [6.45, 7) is 3.79. The smallest absolute Gasteiger partial charge is 0.184 e. The monoisotopic (exact) mass is 208 g/mol. The van der Waals surface area contributed by atoms with E-state index in [1.165, 1.54) is 0 Å². The van der Waals surface area contributed by atoms with Crippen LogP contribution in [0.1, 0.15) is 18.2 Å². The summed E-state index contributed by atoms with van der Waals surface area (Å²) in [5.41, 5.74) is 10.5. The van der Waals surface area contributed by atoms with Crippen molar-refractivity contribution in [1.82, 2.24) is 10.4 Å². The van der Waals surface area contributed by atoms with E-state index in [9.17, 15) is 0 Å². The Balaban J connectivity index is 2.78. The Labute approximate surface area is 88.2 Å². The number of hydrazone groups is 1. The Morgan fingerprint density at radius 1 is 1.57 bits per heavy atom. The van der Waals surface area contributed by atoms with Crippen molar-refractivity contribution >= 4 is 23.0 Å². The summed E-state index contributed by atoms with van der Waals surface area (Å²) in [6.07, 6.45) is 1.76. The van der Waals surface area contributed by atoms with E-state index in [2.05, 4.69) is 27.7 Å². The predicted molar refractivity (Wildman–Crippen MR) is 61.1 cm³/mol. The molecule has 0 fully saturated rings. The molecule has 0 spiro atoms. The van der Waals surface area contributed by atoms with Gasteiger partial charge >= 0.3 is 0 Å². The minimum Gasteiger partial charge on any atom is -0.375 e. The number of rotatable bonds is 2. The van der Waals surface area contributed by atoms with Gasteiger partial charge in [0.25, 0.3) is 0 Å². The second kappa shape index (κ2) is 4.66. The van der Waals surface area contributed by atoms with Gasteiger partial charge in [0.2, 0.25) is 0 Å². The van der Waals surface area contributed by atoms with Crippen LogP contribution in [0, 0.1) is 6.92 Å². The molecule has 0 aliphatic rings. The third kappa shape index (κ3) is 3.10. The molecule has 0 saturated carbocycles. The van der Waals surface area contributed by atoms with Crippen LogP contribution in [-0.2, 0) is 0 Å². The molecule has 1 aromatic heterocycles. The van der Waals surface area contributed by atoms with Gasteiger partial charge in [-0.2, -0.15) is 5.10 Å². The van der Waals surface area contributed by atoms with E-state index in [-0.39, 0.29) is 5.11 Å². The topological polar surface area (TPSA) is 63.3 Å². The van der Waals surface area contributed by atoms with Crippen molar-refractivity contribution in [2.75, 3.05) is 0 Å². The van der Waals surface area contributed by atoms with Crippen LogP contribution in [0.4, 0.5) is 0 Å². The molecule has 0 unspecified atom stereocenters. The van der Waals surface area contributed by atoms with Crippen molar-refractivity contribution in [2.24, 2.45) is 10.8 Å². The Morgan fingerprint density at radius 3 is 2.79 bits per heavy atom. The summed E-state index contributed by atoms with van der Waals surface area (Å²) in [5, 5.41) is 4.14. The van der Waals surface area contributed by atoms with Gasteiger partial charge in [0, 0.05) is 17.5 Å². The third-order valence-corrected chi connectivity index (χ3v) is 1.75. The van der Waals surface area contributed by atoms with Crippen molar-refractivity contribution in [3.63, 3.8) is 0 Å². The second-order valence-corrected chi connectivity index (χ2v) is 3.30. The van der Waals surface area contributed by atoms with E-state index in [4.69, 9.17) is 5.73 Å². The number of hydrogen-bond acceptors (Lipinski definition) is 3. The van der Waals surface area contributed by atoms with Gasteiger partial charge in [-0.15, -0.1) is 0 Å². The normalized spacial score (nSPS) is 11.1. The molecule has 0 bridgehead atoms. The van der Waals surface area contributed by atoms with Gasteiger partial charge in [0.05, 0.1) is 5.71 Å². The number of nitrogens with zero attached hydrogens (tertiary/aromatic N) is 2. The highest BCUT2D eigenvalue weighted by Crippen LogP contribution is 2.00. The lowest BCUT2D eigenvalue weighted by Crippen LogP contribution is -2.25. The minimum absolute atomic E-state index is 0.157. The van der Waals surface area contributed by atoms with Crippen molar-refractivity contribution in [3.8, 4) is 0 Å². The average Bonchev–Trinajstić information content (AvgIpc) is 2.15. The van der Waals surface area contributed by atoms with Gasteiger partial charge in [-0.3, -0.25) is 10.4 Å². The molecule has 74 valence electrons. The maximum Gasteiger partial charge on any atom is 0.184 e. The first-order valence-corrected chi connectivity index (χ1v) is 4.53. The summed E-state index contributed by atoms with van der Waals surface area (Å²) >= 11 is 4.63. The molecule has 0 saturated heterocycles. The number of hydrogen-bond donors (Lipinski definition) is 2. The van der Waals surface area contributed by atoms with Crippen LogP contribution in [0.3, 0.4) is 0 Å². The molecule has 1 rings (SSSR count). The van der Waals surface area contributed by atoms with Gasteiger partial charge in [-0.25, -0.2) is 0 Å². The standard InChI is InChI=1S/C9H12N4S/c1-6-3-4-8(5-11-6)7(2)12-13-9(10)14/h3-5H,1-2H3,(H3,10,13,14). The van der Waals surface area contributed by atoms with Crippen LogP contribution in [0.25, 0.3) is 0 Å². The molecule has 0 atom stereocenters. The summed E-state index contributed by atoms with van der Waals surface area (Å²) in [4.78, 5) is 4.15. The number of thiocarbonyl (C=S) groups is 1. The number of nitrogens with one attached hydrogen (secondary N) is 1. The first kappa shape index (κ1) is 10.6. The molecule has 4 nitrogen and oxygen atoms in total. The maximum atomic E-state index is 5.24. The molecular weight excluding hydrogens is 196 g/mol. The predicted octanol–water partition coefficient (Wildman–Crippen LogP) is 0.947. The minimum atomic E-state index is 0.157. The zero-order valence-corrected chi connectivity index (χ0v) is 8.93. The van der Waals surface area contributed by atoms with Crippen molar-refractivity contribution < 1.29 is 0 Å². The van der Waals surface area contributed by atoms with Gasteiger partial charge in [-0.1, -0.05) is 0 Å². The first-order valence-electron chi connectivity index (χ1n) is 4.12. The van der Waals surface area contributed by atoms with E-state index in [1.807, 2.05) is 26.0 Å². The average molecular weight is 208 g/mol. The van der Waals surface area contributed by atoms with Crippen molar-refractivity contribution in [3.05, 3.63) is 29.6 Å². The van der Waals surface area contributed by atoms with E-state index < -0.39 is 0 Å². The van der Waals surface area contributed by atoms with E-state index in [1.54, 1.807) is 6.20 Å². The molecule has 0 aromatic carbocycles. The van der Waals surface area contributed by atoms with Gasteiger partial charge in [0.1, 0.15) is 0 Å². The number of pyridine rings is 1. The highest BCUT2D eigenvalue weighted by molar-refractivity contribution is 7.80. The molecule has 5 heteroatoms. The zero-order chi connectivity index (χ0) is 10.6. The van der Waals surface area contributed by atoms with E-state index >= 15 is 0 Å². The highest BCUT2D eigenvalue weighted by atomic mass is 32.1. The van der Waals surface area contributed by atoms with Crippen molar-refractivity contribution in [1.29, 1.82) is 0 Å². The van der Waals surface area contributed by atoms with Crippen LogP contribution >= 0.6 is 12.2 Å². The molecule has 0 amide bonds. The number of aromatic nitrogens is 1. The molecule has 1 aromatic rings. The second-order valence-electron chi connectivity index (χ2n) is 2.86. The van der Waals surface area contributed by atoms with Gasteiger partial charge < -0.3 is 5.73 Å².